The van der Waals surface area contributed by atoms with E-state index in [1.165, 1.54) is 0 Å². The number of piperidine rings is 1. The Hall–Kier alpha value is -2.37. The van der Waals surface area contributed by atoms with Gasteiger partial charge in [-0.05, 0) is 38.0 Å². The molecule has 1 aromatic carbocycles. The summed E-state index contributed by atoms with van der Waals surface area (Å²) in [6, 6.07) is 6.90. The molecule has 0 saturated carbocycles. The smallest absolute Gasteiger partial charge is 0.251 e. The van der Waals surface area contributed by atoms with Gasteiger partial charge in [0.05, 0.1) is 5.92 Å². The van der Waals surface area contributed by atoms with Gasteiger partial charge in [0.1, 0.15) is 0 Å². The normalized spacial score (nSPS) is 17.5. The molecule has 1 fully saturated rings. The zero-order valence-corrected chi connectivity index (χ0v) is 16.1. The summed E-state index contributed by atoms with van der Waals surface area (Å²) in [4.78, 5) is 38.8. The minimum Gasteiger partial charge on any atom is -0.352 e. The van der Waals surface area contributed by atoms with Gasteiger partial charge in [-0.3, -0.25) is 14.4 Å². The van der Waals surface area contributed by atoms with Crippen LogP contribution in [-0.4, -0.2) is 42.3 Å². The van der Waals surface area contributed by atoms with E-state index >= 15 is 0 Å². The zero-order valence-electron chi connectivity index (χ0n) is 16.1. The fourth-order valence-corrected chi connectivity index (χ4v) is 3.10. The third-order valence-corrected chi connectivity index (χ3v) is 4.45. The van der Waals surface area contributed by atoms with Crippen LogP contribution in [0, 0.1) is 11.3 Å². The van der Waals surface area contributed by atoms with Crippen LogP contribution in [0.15, 0.2) is 24.3 Å². The van der Waals surface area contributed by atoms with E-state index in [2.05, 4.69) is 10.6 Å². The van der Waals surface area contributed by atoms with Gasteiger partial charge in [0.15, 0.2) is 0 Å². The van der Waals surface area contributed by atoms with Gasteiger partial charge in [-0.2, -0.15) is 0 Å². The third kappa shape index (κ3) is 5.07. The van der Waals surface area contributed by atoms with Crippen molar-refractivity contribution in [1.82, 2.24) is 10.2 Å². The number of carbonyl (C=O) groups is 3. The molecule has 1 saturated heterocycles. The molecule has 1 heterocycles. The Labute approximate surface area is 155 Å². The molecular weight excluding hydrogens is 330 g/mol. The van der Waals surface area contributed by atoms with Gasteiger partial charge in [0.25, 0.3) is 5.91 Å². The molecule has 3 amide bonds. The summed E-state index contributed by atoms with van der Waals surface area (Å²) in [5, 5.41) is 5.63. The first kappa shape index (κ1) is 19.9. The van der Waals surface area contributed by atoms with E-state index in [4.69, 9.17) is 0 Å². The van der Waals surface area contributed by atoms with E-state index in [9.17, 15) is 14.4 Å². The van der Waals surface area contributed by atoms with Gasteiger partial charge in [0.2, 0.25) is 11.8 Å². The summed E-state index contributed by atoms with van der Waals surface area (Å²) in [5.74, 6) is -0.427. The van der Waals surface area contributed by atoms with Gasteiger partial charge >= 0.3 is 0 Å². The van der Waals surface area contributed by atoms with Crippen LogP contribution in [0.4, 0.5) is 5.69 Å². The molecule has 0 aliphatic carbocycles. The largest absolute Gasteiger partial charge is 0.352 e. The molecule has 1 aliphatic heterocycles. The van der Waals surface area contributed by atoms with Crippen molar-refractivity contribution in [3.63, 3.8) is 0 Å². The Balaban J connectivity index is 2.02. The summed E-state index contributed by atoms with van der Waals surface area (Å²) < 4.78 is 0. The van der Waals surface area contributed by atoms with Crippen molar-refractivity contribution in [2.24, 2.45) is 11.3 Å². The maximum Gasteiger partial charge on any atom is 0.251 e. The monoisotopic (exact) mass is 359 g/mol. The minimum absolute atomic E-state index is 0.0771. The quantitative estimate of drug-likeness (QED) is 0.867. The summed E-state index contributed by atoms with van der Waals surface area (Å²) in [6.45, 7) is 9.24. The third-order valence-electron chi connectivity index (χ3n) is 4.45. The van der Waals surface area contributed by atoms with E-state index in [-0.39, 0.29) is 23.6 Å². The van der Waals surface area contributed by atoms with Gasteiger partial charge in [-0.15, -0.1) is 0 Å². The second-order valence-electron chi connectivity index (χ2n) is 7.77. The average molecular weight is 359 g/mol. The van der Waals surface area contributed by atoms with Gasteiger partial charge in [0, 0.05) is 36.3 Å². The number of anilines is 1. The van der Waals surface area contributed by atoms with Crippen LogP contribution >= 0.6 is 0 Å². The van der Waals surface area contributed by atoms with Crippen molar-refractivity contribution >= 4 is 23.4 Å². The van der Waals surface area contributed by atoms with Gasteiger partial charge < -0.3 is 15.5 Å². The maximum atomic E-state index is 12.6. The lowest BCUT2D eigenvalue weighted by Crippen LogP contribution is -2.47. The van der Waals surface area contributed by atoms with E-state index in [1.54, 1.807) is 29.2 Å². The molecule has 0 radical (unpaired) electrons. The Morgan fingerprint density at radius 3 is 2.62 bits per heavy atom. The first-order chi connectivity index (χ1) is 12.2. The van der Waals surface area contributed by atoms with E-state index < -0.39 is 5.41 Å². The van der Waals surface area contributed by atoms with Crippen LogP contribution in [0.2, 0.25) is 0 Å². The number of nitrogens with one attached hydrogen (secondary N) is 2. The lowest BCUT2D eigenvalue weighted by atomic mass is 9.91. The van der Waals surface area contributed by atoms with Crippen LogP contribution in [0.3, 0.4) is 0 Å². The van der Waals surface area contributed by atoms with Crippen molar-refractivity contribution in [3.05, 3.63) is 29.8 Å². The molecule has 1 aliphatic rings. The molecule has 1 aromatic rings. The first-order valence-corrected chi connectivity index (χ1v) is 9.21. The van der Waals surface area contributed by atoms with Crippen molar-refractivity contribution < 1.29 is 14.4 Å². The Kier molecular flexibility index (Phi) is 6.40. The summed E-state index contributed by atoms with van der Waals surface area (Å²) in [7, 11) is 0. The zero-order chi connectivity index (χ0) is 19.3. The molecule has 6 nitrogen and oxygen atoms in total. The molecule has 6 heteroatoms. The van der Waals surface area contributed by atoms with Crippen LogP contribution in [0.25, 0.3) is 0 Å². The lowest BCUT2D eigenvalue weighted by Gasteiger charge is -2.35. The summed E-state index contributed by atoms with van der Waals surface area (Å²) in [6.07, 6.45) is 1.58. The molecule has 1 unspecified atom stereocenters. The summed E-state index contributed by atoms with van der Waals surface area (Å²) >= 11 is 0. The highest BCUT2D eigenvalue weighted by Crippen LogP contribution is 2.24. The van der Waals surface area contributed by atoms with E-state index in [0.717, 1.165) is 12.8 Å². The highest BCUT2D eigenvalue weighted by atomic mass is 16.2. The minimum atomic E-state index is -0.445. The van der Waals surface area contributed by atoms with Crippen LogP contribution in [0.5, 0.6) is 0 Å². The highest BCUT2D eigenvalue weighted by Gasteiger charge is 2.33. The van der Waals surface area contributed by atoms with Gasteiger partial charge in [-0.25, -0.2) is 0 Å². The van der Waals surface area contributed by atoms with Crippen molar-refractivity contribution in [3.8, 4) is 0 Å². The maximum absolute atomic E-state index is 12.6. The predicted octanol–water partition coefficient (Wildman–Crippen LogP) is 2.66. The molecule has 2 rings (SSSR count). The number of benzene rings is 1. The number of rotatable bonds is 4. The van der Waals surface area contributed by atoms with Crippen LogP contribution in [0.1, 0.15) is 50.9 Å². The number of likely N-dealkylation sites (tertiary alicyclic amines) is 1. The van der Waals surface area contributed by atoms with Crippen molar-refractivity contribution in [2.45, 2.75) is 40.5 Å². The van der Waals surface area contributed by atoms with Crippen molar-refractivity contribution in [1.29, 1.82) is 0 Å². The summed E-state index contributed by atoms with van der Waals surface area (Å²) in [5.41, 5.74) is 0.662. The number of hydrogen-bond acceptors (Lipinski definition) is 3. The number of amides is 3. The molecule has 142 valence electrons. The van der Waals surface area contributed by atoms with E-state index in [1.807, 2.05) is 27.7 Å². The second-order valence-corrected chi connectivity index (χ2v) is 7.77. The first-order valence-electron chi connectivity index (χ1n) is 9.21. The fourth-order valence-electron chi connectivity index (χ4n) is 3.10. The Morgan fingerprint density at radius 1 is 1.23 bits per heavy atom. The van der Waals surface area contributed by atoms with Crippen molar-refractivity contribution in [2.75, 3.05) is 25.0 Å². The lowest BCUT2D eigenvalue weighted by molar-refractivity contribution is -0.142. The average Bonchev–Trinajstić information content (AvgIpc) is 2.61. The molecule has 1 atom stereocenters. The number of nitrogens with zero attached hydrogens (tertiary/aromatic N) is 1. The number of carbonyl (C=O) groups excluding carboxylic acids is 3. The highest BCUT2D eigenvalue weighted by molar-refractivity contribution is 5.97. The number of hydrogen-bond donors (Lipinski definition) is 2. The topological polar surface area (TPSA) is 78.5 Å². The predicted molar refractivity (Wildman–Crippen MR) is 102 cm³/mol. The molecule has 0 bridgehead atoms. The molecule has 0 spiro atoms. The molecule has 0 aromatic heterocycles. The second kappa shape index (κ2) is 8.34. The fraction of sp³-hybridized carbons (Fsp3) is 0.550. The van der Waals surface area contributed by atoms with Crippen LogP contribution < -0.4 is 10.6 Å². The van der Waals surface area contributed by atoms with E-state index in [0.29, 0.717) is 30.9 Å². The molecular formula is C20H29N3O3. The van der Waals surface area contributed by atoms with Crippen LogP contribution in [-0.2, 0) is 9.59 Å². The molecule has 26 heavy (non-hydrogen) atoms. The standard InChI is InChI=1S/C20H29N3O3/c1-5-21-17(24)14-8-6-10-16(12-14)22-18(25)15-9-7-11-23(13-15)19(26)20(2,3)4/h6,8,10,12,15H,5,7,9,11,13H2,1-4H3,(H,21,24)(H,22,25). The Bertz CT molecular complexity index is 679. The molecule has 2 N–H and O–H groups in total. The van der Waals surface area contributed by atoms with Gasteiger partial charge in [-0.1, -0.05) is 26.8 Å². The Morgan fingerprint density at radius 2 is 1.96 bits per heavy atom. The SMILES string of the molecule is CCNC(=O)c1cccc(NC(=O)C2CCCN(C(=O)C(C)(C)C)C2)c1.